The molecule has 2 nitrogen and oxygen atoms in total. The number of carbonyl (C=O) groups is 1. The van der Waals surface area contributed by atoms with E-state index >= 15 is 0 Å². The Hall–Kier alpha value is -0.905. The van der Waals surface area contributed by atoms with Crippen molar-refractivity contribution in [3.63, 3.8) is 0 Å². The highest BCUT2D eigenvalue weighted by Gasteiger charge is 1.93. The van der Waals surface area contributed by atoms with Crippen LogP contribution in [0.4, 0.5) is 0 Å². The molecule has 0 saturated heterocycles. The maximum Gasteiger partial charge on any atom is 0.220 e. The molecule has 1 amide bonds. The monoisotopic (exact) mass is 135 g/mol. The first-order valence-electron chi connectivity index (χ1n) is 3.26. The highest BCUT2D eigenvalue weighted by atomic mass is 16.1. The van der Waals surface area contributed by atoms with Gasteiger partial charge < -0.3 is 5.32 Å². The molecule has 1 N–H and O–H groups in total. The summed E-state index contributed by atoms with van der Waals surface area (Å²) in [4.78, 5) is 10.7. The molecule has 3 heteroatoms. The van der Waals surface area contributed by atoms with Gasteiger partial charge in [-0.3, -0.25) is 4.79 Å². The van der Waals surface area contributed by atoms with E-state index < -0.39 is 0 Å². The zero-order valence-corrected chi connectivity index (χ0v) is 6.11. The van der Waals surface area contributed by atoms with Gasteiger partial charge in [0.15, 0.2) is 7.85 Å². The highest BCUT2D eigenvalue weighted by Crippen LogP contribution is 1.83. The lowest BCUT2D eigenvalue weighted by molar-refractivity contribution is -0.120. The van der Waals surface area contributed by atoms with Crippen LogP contribution < -0.4 is 5.32 Å². The minimum atomic E-state index is 0.0326. The van der Waals surface area contributed by atoms with Crippen molar-refractivity contribution in [3.8, 4) is 11.7 Å². The lowest BCUT2D eigenvalue weighted by Crippen LogP contribution is -2.22. The molecule has 0 aromatic carbocycles. The van der Waals surface area contributed by atoms with Gasteiger partial charge in [0.25, 0.3) is 0 Å². The average Bonchev–Trinajstić information content (AvgIpc) is 1.89. The van der Waals surface area contributed by atoms with Crippen molar-refractivity contribution in [1.29, 1.82) is 0 Å². The fourth-order valence-corrected chi connectivity index (χ4v) is 0.509. The molecule has 10 heavy (non-hydrogen) atoms. The largest absolute Gasteiger partial charge is 0.345 e. The normalized spacial score (nSPS) is 7.70. The fraction of sp³-hybridized carbons (Fsp3) is 0.571. The Morgan fingerprint density at radius 3 is 2.90 bits per heavy atom. The van der Waals surface area contributed by atoms with Crippen molar-refractivity contribution in [3.05, 3.63) is 0 Å². The average molecular weight is 135 g/mol. The minimum absolute atomic E-state index is 0.0326. The maximum absolute atomic E-state index is 10.7. The van der Waals surface area contributed by atoms with E-state index in [9.17, 15) is 4.79 Å². The number of hydrogen-bond donors (Lipinski definition) is 1. The molecule has 0 unspecified atom stereocenters. The summed E-state index contributed by atoms with van der Waals surface area (Å²) in [6.45, 7) is 2.31. The highest BCUT2D eigenvalue weighted by molar-refractivity contribution is 6.22. The number of nitrogens with one attached hydrogen (secondary N) is 1. The van der Waals surface area contributed by atoms with Crippen LogP contribution in [0.5, 0.6) is 0 Å². The van der Waals surface area contributed by atoms with E-state index in [4.69, 9.17) is 7.85 Å². The summed E-state index contributed by atoms with van der Waals surface area (Å²) < 4.78 is 0. The molecule has 0 spiro atoms. The first kappa shape index (κ1) is 9.09. The predicted molar refractivity (Wildman–Crippen MR) is 41.4 cm³/mol. The zero-order chi connectivity index (χ0) is 7.82. The summed E-state index contributed by atoms with van der Waals surface area (Å²) >= 11 is 0. The van der Waals surface area contributed by atoms with E-state index in [1.807, 2.05) is 6.92 Å². The van der Waals surface area contributed by atoms with E-state index in [-0.39, 0.29) is 5.91 Å². The molecular weight excluding hydrogens is 125 g/mol. The Morgan fingerprint density at radius 1 is 1.70 bits per heavy atom. The van der Waals surface area contributed by atoms with E-state index in [1.54, 1.807) is 0 Å². The smallest absolute Gasteiger partial charge is 0.220 e. The van der Waals surface area contributed by atoms with Crippen molar-refractivity contribution in [2.75, 3.05) is 6.54 Å². The molecule has 0 aliphatic carbocycles. The molecule has 0 fully saturated rings. The molecule has 0 aliphatic heterocycles. The van der Waals surface area contributed by atoms with Crippen molar-refractivity contribution in [2.45, 2.75) is 19.8 Å². The summed E-state index contributed by atoms with van der Waals surface area (Å²) in [5, 5.41) is 2.59. The summed E-state index contributed by atoms with van der Waals surface area (Å²) in [6.07, 6.45) is 1.42. The van der Waals surface area contributed by atoms with Crippen molar-refractivity contribution in [1.82, 2.24) is 5.32 Å². The third-order valence-corrected chi connectivity index (χ3v) is 0.953. The van der Waals surface area contributed by atoms with Crippen LogP contribution in [0.3, 0.4) is 0 Å². The van der Waals surface area contributed by atoms with E-state index in [0.29, 0.717) is 13.0 Å². The van der Waals surface area contributed by atoms with Crippen LogP contribution in [-0.2, 0) is 4.79 Å². The second-order valence-electron chi connectivity index (χ2n) is 1.85. The van der Waals surface area contributed by atoms with Crippen LogP contribution >= 0.6 is 0 Å². The van der Waals surface area contributed by atoms with Crippen molar-refractivity contribution < 1.29 is 4.79 Å². The molecule has 0 heterocycles. The summed E-state index contributed by atoms with van der Waals surface area (Å²) in [5.74, 6) is 4.77. The van der Waals surface area contributed by atoms with Gasteiger partial charge in [0.05, 0.1) is 6.54 Å². The van der Waals surface area contributed by atoms with Crippen molar-refractivity contribution in [2.24, 2.45) is 0 Å². The molecule has 0 aliphatic rings. The third-order valence-electron chi connectivity index (χ3n) is 0.953. The lowest BCUT2D eigenvalue weighted by atomic mass is 10.2. The van der Waals surface area contributed by atoms with E-state index in [2.05, 4.69) is 17.1 Å². The fourth-order valence-electron chi connectivity index (χ4n) is 0.509. The Labute approximate surface area is 62.8 Å². The van der Waals surface area contributed by atoms with Gasteiger partial charge in [0.1, 0.15) is 0 Å². The first-order valence-corrected chi connectivity index (χ1v) is 3.26. The quantitative estimate of drug-likeness (QED) is 0.429. The molecule has 52 valence electrons. The van der Waals surface area contributed by atoms with Gasteiger partial charge in [0, 0.05) is 6.42 Å². The molecular formula is C7H10BNO. The topological polar surface area (TPSA) is 29.1 Å². The SMILES string of the molecule is [B]C#CCNC(=O)CCC. The molecule has 0 rings (SSSR count). The van der Waals surface area contributed by atoms with Crippen LogP contribution in [0.25, 0.3) is 0 Å². The van der Waals surface area contributed by atoms with E-state index in [1.165, 1.54) is 0 Å². The van der Waals surface area contributed by atoms with Gasteiger partial charge >= 0.3 is 0 Å². The summed E-state index contributed by atoms with van der Waals surface area (Å²) in [6, 6.07) is 0. The Balaban J connectivity index is 3.27. The van der Waals surface area contributed by atoms with Crippen LogP contribution in [0, 0.1) is 11.7 Å². The van der Waals surface area contributed by atoms with Crippen LogP contribution in [0.15, 0.2) is 0 Å². The maximum atomic E-state index is 10.7. The summed E-state index contributed by atoms with van der Waals surface area (Å²) in [7, 11) is 4.88. The van der Waals surface area contributed by atoms with Gasteiger partial charge in [-0.15, -0.1) is 0 Å². The van der Waals surface area contributed by atoms with Gasteiger partial charge in [-0.25, -0.2) is 0 Å². The molecule has 2 radical (unpaired) electrons. The molecule has 0 aromatic heterocycles. The van der Waals surface area contributed by atoms with Gasteiger partial charge in [-0.1, -0.05) is 12.8 Å². The van der Waals surface area contributed by atoms with Gasteiger partial charge in [-0.2, -0.15) is 5.82 Å². The lowest BCUT2D eigenvalue weighted by Gasteiger charge is -1.96. The molecule has 0 bridgehead atoms. The zero-order valence-electron chi connectivity index (χ0n) is 6.11. The van der Waals surface area contributed by atoms with Crippen LogP contribution in [0.2, 0.25) is 0 Å². The molecule has 0 saturated carbocycles. The van der Waals surface area contributed by atoms with Gasteiger partial charge in [0.2, 0.25) is 5.91 Å². The molecule has 0 atom stereocenters. The predicted octanol–water partition coefficient (Wildman–Crippen LogP) is 0.0321. The molecule has 0 aromatic rings. The first-order chi connectivity index (χ1) is 4.81. The number of rotatable bonds is 3. The van der Waals surface area contributed by atoms with Crippen LogP contribution in [0.1, 0.15) is 19.8 Å². The van der Waals surface area contributed by atoms with Crippen molar-refractivity contribution >= 4 is 13.8 Å². The second kappa shape index (κ2) is 6.22. The third kappa shape index (κ3) is 5.24. The Morgan fingerprint density at radius 2 is 2.40 bits per heavy atom. The van der Waals surface area contributed by atoms with E-state index in [0.717, 1.165) is 6.42 Å². The number of carbonyl (C=O) groups excluding carboxylic acids is 1. The Kier molecular flexibility index (Phi) is 5.66. The second-order valence-corrected chi connectivity index (χ2v) is 1.85. The number of amides is 1. The standard InChI is InChI=1S/C7H10BNO/c1-2-4-7(10)9-6-3-5-8/h2,4,6H2,1H3,(H,9,10). The van der Waals surface area contributed by atoms with Gasteiger partial charge in [-0.05, 0) is 6.42 Å². The van der Waals surface area contributed by atoms with Crippen LogP contribution in [-0.4, -0.2) is 20.3 Å². The minimum Gasteiger partial charge on any atom is -0.345 e. The number of hydrogen-bond acceptors (Lipinski definition) is 1. The Bertz CT molecular complexity index is 157. The summed E-state index contributed by atoms with van der Waals surface area (Å²) in [5.41, 5.74) is 0.